The number of para-hydroxylation sites is 1. The number of unbranched alkanes of at least 4 members (excludes halogenated alkanes) is 5. The number of sulfonamides is 1. The average molecular weight is 1050 g/mol. The zero-order valence-corrected chi connectivity index (χ0v) is 46.4. The zero-order chi connectivity index (χ0) is 51.5. The van der Waals surface area contributed by atoms with Crippen LogP contribution in [0.15, 0.2) is 150 Å². The number of nitro groups is 1. The van der Waals surface area contributed by atoms with Crippen molar-refractivity contribution >= 4 is 52.8 Å². The van der Waals surface area contributed by atoms with Crippen LogP contribution in [0.3, 0.4) is 0 Å². The maximum absolute atomic E-state index is 15.8. The quantitative estimate of drug-likeness (QED) is 0.0138. The van der Waals surface area contributed by atoms with Gasteiger partial charge in [0, 0.05) is 19.2 Å². The van der Waals surface area contributed by atoms with Gasteiger partial charge in [-0.05, 0) is 63.6 Å². The molecule has 0 N–H and O–H groups in total. The maximum atomic E-state index is 15.8. The largest absolute Gasteiger partial charge is 0.410 e. The Morgan fingerprint density at radius 3 is 1.63 bits per heavy atom. The van der Waals surface area contributed by atoms with E-state index in [-0.39, 0.29) is 19.6 Å². The second-order valence-corrected chi connectivity index (χ2v) is 31.9. The first-order valence-electron chi connectivity index (χ1n) is 25.1. The number of ether oxygens (including phenoxy) is 1. The minimum absolute atomic E-state index is 0.233. The van der Waals surface area contributed by atoms with E-state index in [9.17, 15) is 18.5 Å². The molecule has 0 aliphatic rings. The third-order valence-corrected chi connectivity index (χ3v) is 25.7. The lowest BCUT2D eigenvalue weighted by molar-refractivity contribution is -0.387. The molecular weight excluding hydrogens is 969 g/mol. The van der Waals surface area contributed by atoms with Crippen LogP contribution in [0, 0.1) is 10.1 Å². The van der Waals surface area contributed by atoms with Gasteiger partial charge >= 0.3 is 0 Å². The third-order valence-electron chi connectivity index (χ3n) is 13.6. The average Bonchev–Trinajstić information content (AvgIpc) is 3.36. The molecule has 0 aromatic heterocycles. The highest BCUT2D eigenvalue weighted by atomic mass is 32.2. The highest BCUT2D eigenvalue weighted by Gasteiger charge is 2.53. The van der Waals surface area contributed by atoms with Gasteiger partial charge in [0.1, 0.15) is 6.10 Å². The van der Waals surface area contributed by atoms with Crippen LogP contribution in [0.5, 0.6) is 0 Å². The molecular formula is C55H76N2O10S2Si2. The van der Waals surface area contributed by atoms with Crippen LogP contribution in [-0.4, -0.2) is 80.4 Å². The van der Waals surface area contributed by atoms with E-state index in [2.05, 4.69) is 65.8 Å². The molecule has 0 aliphatic heterocycles. The molecule has 0 heterocycles. The van der Waals surface area contributed by atoms with Gasteiger partial charge in [-0.1, -0.05) is 207 Å². The minimum atomic E-state index is -4.82. The molecule has 5 aromatic carbocycles. The molecule has 0 saturated carbocycles. The van der Waals surface area contributed by atoms with Crippen molar-refractivity contribution in [3.8, 4) is 0 Å². The first-order chi connectivity index (χ1) is 33.9. The van der Waals surface area contributed by atoms with Gasteiger partial charge in [0.25, 0.3) is 34.1 Å². The van der Waals surface area contributed by atoms with Crippen molar-refractivity contribution in [2.45, 2.75) is 146 Å². The lowest BCUT2D eigenvalue weighted by Crippen LogP contribution is -2.68. The summed E-state index contributed by atoms with van der Waals surface area (Å²) in [6.45, 7) is 13.3. The third kappa shape index (κ3) is 15.8. The molecule has 0 spiro atoms. The number of rotatable bonds is 31. The molecule has 3 atom stereocenters. The van der Waals surface area contributed by atoms with Crippen molar-refractivity contribution in [3.05, 3.63) is 167 Å². The van der Waals surface area contributed by atoms with Gasteiger partial charge in [0.2, 0.25) is 0 Å². The summed E-state index contributed by atoms with van der Waals surface area (Å²) in [5.74, 6) is 0. The Morgan fingerprint density at radius 1 is 0.648 bits per heavy atom. The van der Waals surface area contributed by atoms with E-state index >= 15 is 8.42 Å². The normalized spacial score (nSPS) is 14.0. The van der Waals surface area contributed by atoms with Crippen molar-refractivity contribution < 1.29 is 39.5 Å². The number of benzene rings is 5. The van der Waals surface area contributed by atoms with Crippen molar-refractivity contribution in [2.75, 3.05) is 19.5 Å². The summed E-state index contributed by atoms with van der Waals surface area (Å²) in [4.78, 5) is 11.5. The Bertz CT molecular complexity index is 2540. The van der Waals surface area contributed by atoms with Crippen molar-refractivity contribution in [2.24, 2.45) is 0 Å². The van der Waals surface area contributed by atoms with Crippen LogP contribution >= 0.6 is 0 Å². The minimum Gasteiger partial charge on any atom is -0.410 e. The van der Waals surface area contributed by atoms with Crippen LogP contribution < -0.4 is 10.4 Å². The Kier molecular flexibility index (Phi) is 21.9. The van der Waals surface area contributed by atoms with E-state index in [1.54, 1.807) is 12.1 Å². The molecule has 0 aliphatic carbocycles. The Morgan fingerprint density at radius 2 is 1.13 bits per heavy atom. The van der Waals surface area contributed by atoms with Crippen LogP contribution in [0.4, 0.5) is 5.69 Å². The van der Waals surface area contributed by atoms with E-state index in [4.69, 9.17) is 17.8 Å². The molecule has 386 valence electrons. The van der Waals surface area contributed by atoms with Crippen molar-refractivity contribution in [1.29, 1.82) is 0 Å². The van der Waals surface area contributed by atoms with E-state index in [0.717, 1.165) is 54.3 Å². The highest BCUT2D eigenvalue weighted by Crippen LogP contribution is 2.40. The molecule has 0 saturated heterocycles. The van der Waals surface area contributed by atoms with Crippen molar-refractivity contribution in [3.63, 3.8) is 0 Å². The summed E-state index contributed by atoms with van der Waals surface area (Å²) < 4.78 is 87.4. The molecule has 5 rings (SSSR count). The fraction of sp³-hybridized carbons (Fsp3) is 0.455. The predicted molar refractivity (Wildman–Crippen MR) is 290 cm³/mol. The fourth-order valence-electron chi connectivity index (χ4n) is 9.61. The summed E-state index contributed by atoms with van der Waals surface area (Å²) in [6, 6.07) is 45.2. The van der Waals surface area contributed by atoms with E-state index in [0.29, 0.717) is 43.3 Å². The summed E-state index contributed by atoms with van der Waals surface area (Å²) in [5.41, 5.74) is 1.16. The molecule has 0 fully saturated rings. The molecule has 0 bridgehead atoms. The molecule has 71 heavy (non-hydrogen) atoms. The topological polar surface area (TPSA) is 152 Å². The number of hydrogen-bond acceptors (Lipinski definition) is 10. The molecule has 5 aromatic rings. The molecule has 16 heteroatoms. The van der Waals surface area contributed by atoms with Gasteiger partial charge in [0.05, 0.1) is 36.5 Å². The van der Waals surface area contributed by atoms with Gasteiger partial charge in [-0.15, -0.1) is 0 Å². The predicted octanol–water partition coefficient (Wildman–Crippen LogP) is 11.4. The molecule has 0 radical (unpaired) electrons. The Hall–Kier alpha value is -4.37. The van der Waals surface area contributed by atoms with Gasteiger partial charge in [-0.3, -0.25) is 14.3 Å². The second-order valence-electron chi connectivity index (χ2n) is 19.4. The molecule has 0 amide bonds. The zero-order valence-electron chi connectivity index (χ0n) is 42.8. The number of hydrogen-bond donors (Lipinski definition) is 0. The summed E-state index contributed by atoms with van der Waals surface area (Å²) in [6.07, 6.45) is 3.97. The summed E-state index contributed by atoms with van der Waals surface area (Å²) in [5, 5.41) is 14.1. The second kappa shape index (κ2) is 27.1. The SMILES string of the molecule is CC[Si](CC)(CC)O[C@H]([C@@H](CCCCCCCCOCc1ccccc1)OS(C)(=O)=O)[C@H](CO[Si](c1ccccc1)(c1ccccc1)C(C)(C)C)N(Cc1ccccc1)S(=O)(=O)c1ccccc1[N+](=O)[O-]. The summed E-state index contributed by atoms with van der Waals surface area (Å²) >= 11 is 0. The first-order valence-corrected chi connectivity index (χ1v) is 32.8. The van der Waals surface area contributed by atoms with Gasteiger partial charge in [0.15, 0.2) is 13.2 Å². The lowest BCUT2D eigenvalue weighted by atomic mass is 9.99. The first kappa shape index (κ1) is 57.5. The molecule has 0 unspecified atom stereocenters. The summed E-state index contributed by atoms with van der Waals surface area (Å²) in [7, 11) is -15.2. The lowest BCUT2D eigenvalue weighted by Gasteiger charge is -2.47. The smallest absolute Gasteiger partial charge is 0.289 e. The number of nitrogens with zero attached hydrogens (tertiary/aromatic N) is 2. The highest BCUT2D eigenvalue weighted by molar-refractivity contribution is 7.89. The monoisotopic (exact) mass is 1040 g/mol. The number of nitro benzene ring substituents is 1. The van der Waals surface area contributed by atoms with Gasteiger partial charge in [-0.2, -0.15) is 12.7 Å². The Labute approximate surface area is 426 Å². The van der Waals surface area contributed by atoms with Crippen LogP contribution in [0.1, 0.15) is 97.6 Å². The van der Waals surface area contributed by atoms with Gasteiger partial charge in [-0.25, -0.2) is 8.42 Å². The maximum Gasteiger partial charge on any atom is 0.289 e. The van der Waals surface area contributed by atoms with Crippen LogP contribution in [0.25, 0.3) is 0 Å². The fourth-order valence-corrected chi connectivity index (χ4v) is 19.5. The van der Waals surface area contributed by atoms with Crippen molar-refractivity contribution in [1.82, 2.24) is 4.31 Å². The van der Waals surface area contributed by atoms with E-state index in [1.165, 1.54) is 28.6 Å². The van der Waals surface area contributed by atoms with Crippen LogP contribution in [-0.2, 0) is 51.1 Å². The van der Waals surface area contributed by atoms with E-state index < -0.39 is 75.6 Å². The van der Waals surface area contributed by atoms with Gasteiger partial charge < -0.3 is 13.6 Å². The molecule has 12 nitrogen and oxygen atoms in total. The standard InChI is InChI=1S/C55H76N2O10S2Si2/c1-8-70(9-2,10-3)67-54(52(66-68(7,60)61)40-27-13-11-12-14-30-42-64-44-47-33-21-16-22-34-47)51(45-65-71(55(4,5)6,48-35-23-17-24-36-48)49-37-25-18-26-38-49)56(43-46-31-19-15-20-32-46)69(62,63)53-41-29-28-39-50(53)57(58)59/h15-26,28-29,31-39,41,51-52,54H,8-14,27,30,40,42-45H2,1-7H3/t51-,52+,54-/m0/s1. The van der Waals surface area contributed by atoms with Crippen LogP contribution in [0.2, 0.25) is 23.2 Å². The van der Waals surface area contributed by atoms with E-state index in [1.807, 2.05) is 84.9 Å². The Balaban J connectivity index is 1.67.